The van der Waals surface area contributed by atoms with E-state index in [9.17, 15) is 39.0 Å². The summed E-state index contributed by atoms with van der Waals surface area (Å²) in [6.45, 7) is 9.72. The van der Waals surface area contributed by atoms with Crippen LogP contribution in [0.4, 0.5) is 0 Å². The molecule has 276 valence electrons. The zero-order chi connectivity index (χ0) is 37.6. The molecule has 17 heteroatoms. The number of nitrogens with one attached hydrogen (secondary N) is 6. The molecule has 1 aliphatic rings. The number of hydrogen-bond donors (Lipinski definition) is 8. The Morgan fingerprint density at radius 3 is 2.33 bits per heavy atom. The van der Waals surface area contributed by atoms with E-state index in [1.54, 1.807) is 32.0 Å². The third-order valence-electron chi connectivity index (χ3n) is 8.52. The van der Waals surface area contributed by atoms with Crippen molar-refractivity contribution in [1.82, 2.24) is 36.7 Å². The SMILES string of the molecule is Cc1noc(C)c1CC(=O)N[C@H]1Cc2c([nH]c3ccccc23)SC[C@@H](C(=O)O)NC(=O)[C@H]([C@@H](C)O)NC(=O)[C@@H](C)NC(=O)[C@H](CC(C)C)NC1=O. The number of aryl methyl sites for hydroxylation is 2. The van der Waals surface area contributed by atoms with Crippen LogP contribution in [0.5, 0.6) is 0 Å². The Hall–Kier alpha value is -4.90. The summed E-state index contributed by atoms with van der Waals surface area (Å²) in [4.78, 5) is 83.1. The molecule has 2 aromatic heterocycles. The summed E-state index contributed by atoms with van der Waals surface area (Å²) in [5.74, 6) is -4.77. The summed E-state index contributed by atoms with van der Waals surface area (Å²) in [5, 5.41) is 38.4. The van der Waals surface area contributed by atoms with Gasteiger partial charge >= 0.3 is 5.97 Å². The van der Waals surface area contributed by atoms with E-state index < -0.39 is 71.8 Å². The number of hydrogen-bond acceptors (Lipinski definition) is 10. The van der Waals surface area contributed by atoms with Crippen molar-refractivity contribution in [3.63, 3.8) is 0 Å². The van der Waals surface area contributed by atoms with Gasteiger partial charge in [0.15, 0.2) is 0 Å². The summed E-state index contributed by atoms with van der Waals surface area (Å²) in [5.41, 5.74) is 2.37. The maximum atomic E-state index is 14.1. The fraction of sp³-hybridized carbons (Fsp3) is 0.500. The van der Waals surface area contributed by atoms with Crippen LogP contribution in [0, 0.1) is 19.8 Å². The smallest absolute Gasteiger partial charge is 0.327 e. The molecule has 5 amide bonds. The van der Waals surface area contributed by atoms with Crippen LogP contribution in [0.2, 0.25) is 0 Å². The van der Waals surface area contributed by atoms with Crippen molar-refractivity contribution in [2.75, 3.05) is 5.75 Å². The van der Waals surface area contributed by atoms with E-state index in [1.165, 1.54) is 13.8 Å². The third kappa shape index (κ3) is 9.88. The Kier molecular flexibility index (Phi) is 12.9. The molecule has 3 heterocycles. The van der Waals surface area contributed by atoms with Gasteiger partial charge in [0, 0.05) is 28.6 Å². The lowest BCUT2D eigenvalue weighted by atomic mass is 10.00. The highest BCUT2D eigenvalue weighted by molar-refractivity contribution is 7.99. The number of aliphatic carboxylic acids is 1. The zero-order valence-electron chi connectivity index (χ0n) is 29.3. The zero-order valence-corrected chi connectivity index (χ0v) is 30.1. The van der Waals surface area contributed by atoms with Crippen LogP contribution in [0.15, 0.2) is 33.8 Å². The van der Waals surface area contributed by atoms with Gasteiger partial charge in [-0.1, -0.05) is 37.2 Å². The third-order valence-corrected chi connectivity index (χ3v) is 9.65. The molecule has 6 atom stereocenters. The van der Waals surface area contributed by atoms with Gasteiger partial charge < -0.3 is 46.3 Å². The predicted molar refractivity (Wildman–Crippen MR) is 187 cm³/mol. The van der Waals surface area contributed by atoms with Crippen molar-refractivity contribution in [3.8, 4) is 0 Å². The van der Waals surface area contributed by atoms with Crippen molar-refractivity contribution in [2.45, 2.75) is 102 Å². The first-order valence-corrected chi connectivity index (χ1v) is 17.6. The predicted octanol–water partition coefficient (Wildman–Crippen LogP) is 0.619. The first-order chi connectivity index (χ1) is 24.0. The molecule has 0 saturated heterocycles. The molecule has 1 aliphatic heterocycles. The van der Waals surface area contributed by atoms with Gasteiger partial charge in [-0.05, 0) is 51.7 Å². The van der Waals surface area contributed by atoms with Crippen LogP contribution in [-0.2, 0) is 41.6 Å². The quantitative estimate of drug-likeness (QED) is 0.168. The summed E-state index contributed by atoms with van der Waals surface area (Å²) >= 11 is 1.07. The molecule has 51 heavy (non-hydrogen) atoms. The number of rotatable bonds is 7. The molecular weight excluding hydrogens is 682 g/mol. The van der Waals surface area contributed by atoms with Gasteiger partial charge in [-0.3, -0.25) is 24.0 Å². The number of carboxylic acid groups (broad SMARTS) is 1. The monoisotopic (exact) mass is 727 g/mol. The van der Waals surface area contributed by atoms with Crippen LogP contribution in [-0.4, -0.2) is 97.9 Å². The average molecular weight is 728 g/mol. The number of thioether (sulfide) groups is 1. The molecule has 0 saturated carbocycles. The van der Waals surface area contributed by atoms with Crippen LogP contribution < -0.4 is 26.6 Å². The number of aromatic nitrogens is 2. The van der Waals surface area contributed by atoms with Crippen molar-refractivity contribution < 1.29 is 43.5 Å². The van der Waals surface area contributed by atoms with Gasteiger partial charge in [0.2, 0.25) is 29.5 Å². The first kappa shape index (κ1) is 38.9. The fourth-order valence-corrected chi connectivity index (χ4v) is 6.82. The summed E-state index contributed by atoms with van der Waals surface area (Å²) in [6, 6.07) is 0.691. The molecule has 0 bridgehead atoms. The lowest BCUT2D eigenvalue weighted by molar-refractivity contribution is -0.142. The minimum absolute atomic E-state index is 0.0610. The molecular formula is C34H45N7O9S. The maximum absolute atomic E-state index is 14.1. The highest BCUT2D eigenvalue weighted by Gasteiger charge is 2.34. The molecule has 0 aliphatic carbocycles. The Bertz CT molecular complexity index is 1770. The lowest BCUT2D eigenvalue weighted by Gasteiger charge is -2.27. The molecule has 4 rings (SSSR count). The van der Waals surface area contributed by atoms with Crippen molar-refractivity contribution in [3.05, 3.63) is 46.8 Å². The number of benzene rings is 1. The van der Waals surface area contributed by atoms with Gasteiger partial charge in [-0.25, -0.2) is 4.79 Å². The van der Waals surface area contributed by atoms with Crippen LogP contribution in [0.3, 0.4) is 0 Å². The molecule has 3 aromatic rings. The van der Waals surface area contributed by atoms with Gasteiger partial charge in [0.25, 0.3) is 0 Å². The minimum atomic E-state index is -1.54. The van der Waals surface area contributed by atoms with E-state index in [0.29, 0.717) is 38.5 Å². The molecule has 0 radical (unpaired) electrons. The molecule has 1 aromatic carbocycles. The Morgan fingerprint density at radius 2 is 1.71 bits per heavy atom. The van der Waals surface area contributed by atoms with E-state index in [-0.39, 0.29) is 30.9 Å². The number of aromatic amines is 1. The number of aliphatic hydroxyl groups is 1. The van der Waals surface area contributed by atoms with Gasteiger partial charge in [0.05, 0.1) is 23.2 Å². The number of carboxylic acids is 1. The first-order valence-electron chi connectivity index (χ1n) is 16.6. The van der Waals surface area contributed by atoms with Crippen LogP contribution in [0.25, 0.3) is 10.9 Å². The Morgan fingerprint density at radius 1 is 1.00 bits per heavy atom. The Balaban J connectivity index is 1.79. The largest absolute Gasteiger partial charge is 0.480 e. The summed E-state index contributed by atoms with van der Waals surface area (Å²) in [6.07, 6.45) is -1.41. The fourth-order valence-electron chi connectivity index (χ4n) is 5.72. The van der Waals surface area contributed by atoms with Crippen molar-refractivity contribution in [1.29, 1.82) is 0 Å². The van der Waals surface area contributed by atoms with Crippen molar-refractivity contribution in [2.24, 2.45) is 5.92 Å². The van der Waals surface area contributed by atoms with E-state index in [4.69, 9.17) is 4.52 Å². The number of H-pyrrole nitrogens is 1. The number of carbonyl (C=O) groups is 6. The second-order valence-electron chi connectivity index (χ2n) is 13.1. The van der Waals surface area contributed by atoms with Gasteiger partial charge in [0.1, 0.15) is 36.0 Å². The topological polar surface area (TPSA) is 245 Å². The number of fused-ring (bicyclic) bond motifs is 3. The highest BCUT2D eigenvalue weighted by Crippen LogP contribution is 2.31. The van der Waals surface area contributed by atoms with E-state index in [1.807, 2.05) is 19.9 Å². The van der Waals surface area contributed by atoms with Gasteiger partial charge in [-0.15, -0.1) is 11.8 Å². The average Bonchev–Trinajstić information content (AvgIpc) is 3.57. The second kappa shape index (κ2) is 16.9. The molecule has 16 nitrogen and oxygen atoms in total. The minimum Gasteiger partial charge on any atom is -0.480 e. The van der Waals surface area contributed by atoms with Crippen LogP contribution in [0.1, 0.15) is 56.7 Å². The van der Waals surface area contributed by atoms with E-state index >= 15 is 0 Å². The normalized spacial score (nSPS) is 23.3. The van der Waals surface area contributed by atoms with E-state index in [0.717, 1.165) is 11.8 Å². The number of nitrogens with zero attached hydrogens (tertiary/aromatic N) is 1. The number of carbonyl (C=O) groups excluding carboxylic acids is 5. The summed E-state index contributed by atoms with van der Waals surface area (Å²) in [7, 11) is 0. The van der Waals surface area contributed by atoms with E-state index in [2.05, 4.69) is 36.7 Å². The second-order valence-corrected chi connectivity index (χ2v) is 14.2. The summed E-state index contributed by atoms with van der Waals surface area (Å²) < 4.78 is 5.20. The number of amides is 5. The van der Waals surface area contributed by atoms with Crippen LogP contribution >= 0.6 is 11.8 Å². The number of para-hydroxylation sites is 1. The van der Waals surface area contributed by atoms with Gasteiger partial charge in [-0.2, -0.15) is 0 Å². The molecule has 0 fully saturated rings. The maximum Gasteiger partial charge on any atom is 0.327 e. The Labute approximate surface area is 298 Å². The number of aliphatic hydroxyl groups excluding tert-OH is 1. The standard InChI is InChI=1S/C34H45N7O9S/c1-15(2)11-24-30(45)35-17(4)29(44)40-28(18(5)42)32(47)38-26(34(48)49)14-51-33-22(20-9-7-8-10-23(20)39-33)12-25(31(46)37-24)36-27(43)13-21-16(3)41-50-19(21)6/h7-10,15,17-18,24-26,28,39,42H,11-14H2,1-6H3,(H,35,45)(H,36,43)(H,37,46)(H,38,47)(H,40,44)(H,48,49)/t17-,18-,24+,25+,26+,28+/m1/s1. The van der Waals surface area contributed by atoms with Crippen molar-refractivity contribution >= 4 is 58.2 Å². The molecule has 8 N–H and O–H groups in total. The lowest BCUT2D eigenvalue weighted by Crippen LogP contribution is -2.60. The molecule has 0 spiro atoms. The highest BCUT2D eigenvalue weighted by atomic mass is 32.2. The molecule has 0 unspecified atom stereocenters.